The van der Waals surface area contributed by atoms with Crippen LogP contribution in [0.5, 0.6) is 0 Å². The number of amides is 2. The Morgan fingerprint density at radius 3 is 2.67 bits per heavy atom. The molecule has 4 rings (SSSR count). The molecule has 1 saturated heterocycles. The first kappa shape index (κ1) is 22.7. The largest absolute Gasteiger partial charge is 0.462 e. The predicted molar refractivity (Wildman–Crippen MR) is 127 cm³/mol. The molecule has 2 heterocycles. The van der Waals surface area contributed by atoms with E-state index < -0.39 is 11.9 Å². The summed E-state index contributed by atoms with van der Waals surface area (Å²) < 4.78 is 4.98. The lowest BCUT2D eigenvalue weighted by molar-refractivity contribution is -0.126. The molecule has 0 radical (unpaired) electrons. The number of hydrogen-bond donors (Lipinski definition) is 1. The normalized spacial score (nSPS) is 15.5. The molecular formula is C25H25N3O4S. The third kappa shape index (κ3) is 5.12. The van der Waals surface area contributed by atoms with E-state index in [2.05, 4.69) is 10.3 Å². The Morgan fingerprint density at radius 2 is 1.94 bits per heavy atom. The summed E-state index contributed by atoms with van der Waals surface area (Å²) in [4.78, 5) is 43.3. The Hall–Kier alpha value is -3.52. The first-order valence-electron chi connectivity index (χ1n) is 10.8. The van der Waals surface area contributed by atoms with Gasteiger partial charge in [0.05, 0.1) is 30.3 Å². The number of carbonyl (C=O) groups is 3. The minimum absolute atomic E-state index is 0.116. The number of anilines is 1. The van der Waals surface area contributed by atoms with Crippen molar-refractivity contribution in [2.45, 2.75) is 26.8 Å². The average molecular weight is 464 g/mol. The van der Waals surface area contributed by atoms with Gasteiger partial charge in [0, 0.05) is 29.6 Å². The van der Waals surface area contributed by atoms with Crippen LogP contribution in [0.2, 0.25) is 0 Å². The molecule has 1 unspecified atom stereocenters. The lowest BCUT2D eigenvalue weighted by atomic mass is 10.1. The zero-order valence-electron chi connectivity index (χ0n) is 18.5. The highest BCUT2D eigenvalue weighted by molar-refractivity contribution is 7.13. The van der Waals surface area contributed by atoms with Crippen molar-refractivity contribution in [2.24, 2.45) is 5.92 Å². The number of carbonyl (C=O) groups excluding carboxylic acids is 3. The smallest absolute Gasteiger partial charge is 0.338 e. The first-order valence-corrected chi connectivity index (χ1v) is 11.7. The molecule has 1 aliphatic heterocycles. The molecular weight excluding hydrogens is 438 g/mol. The molecule has 1 fully saturated rings. The molecule has 8 heteroatoms. The maximum absolute atomic E-state index is 12.7. The van der Waals surface area contributed by atoms with Gasteiger partial charge in [-0.3, -0.25) is 9.59 Å². The molecule has 0 aliphatic carbocycles. The van der Waals surface area contributed by atoms with Crippen LogP contribution in [0.1, 0.15) is 35.0 Å². The van der Waals surface area contributed by atoms with Crippen LogP contribution < -0.4 is 10.2 Å². The SMILES string of the molecule is CCOC(=O)c1ccc(N2CC(C(=O)NCc3csc(-c4ccccc4C)n3)CC2=O)cc1. The molecule has 2 aromatic carbocycles. The number of nitrogens with zero attached hydrogens (tertiary/aromatic N) is 2. The van der Waals surface area contributed by atoms with Gasteiger partial charge in [0.2, 0.25) is 11.8 Å². The number of thiazole rings is 1. The number of nitrogens with one attached hydrogen (secondary N) is 1. The van der Waals surface area contributed by atoms with E-state index in [9.17, 15) is 14.4 Å². The van der Waals surface area contributed by atoms with E-state index in [0.717, 1.165) is 21.8 Å². The fourth-order valence-corrected chi connectivity index (χ4v) is 4.68. The zero-order chi connectivity index (χ0) is 23.4. The fraction of sp³-hybridized carbons (Fsp3) is 0.280. The lowest BCUT2D eigenvalue weighted by Gasteiger charge is -2.17. The number of aryl methyl sites for hydroxylation is 1. The quantitative estimate of drug-likeness (QED) is 0.536. The summed E-state index contributed by atoms with van der Waals surface area (Å²) in [7, 11) is 0. The van der Waals surface area contributed by atoms with Crippen molar-refractivity contribution >= 4 is 34.8 Å². The summed E-state index contributed by atoms with van der Waals surface area (Å²) in [6, 6.07) is 14.7. The van der Waals surface area contributed by atoms with E-state index in [-0.39, 0.29) is 18.2 Å². The Labute approximate surface area is 196 Å². The van der Waals surface area contributed by atoms with Crippen LogP contribution in [-0.4, -0.2) is 35.9 Å². The van der Waals surface area contributed by atoms with Gasteiger partial charge in [-0.05, 0) is 43.7 Å². The van der Waals surface area contributed by atoms with E-state index in [1.54, 1.807) is 47.4 Å². The maximum Gasteiger partial charge on any atom is 0.338 e. The zero-order valence-corrected chi connectivity index (χ0v) is 19.4. The van der Waals surface area contributed by atoms with E-state index in [1.807, 2.05) is 36.6 Å². The molecule has 33 heavy (non-hydrogen) atoms. The highest BCUT2D eigenvalue weighted by Gasteiger charge is 2.35. The summed E-state index contributed by atoms with van der Waals surface area (Å²) in [6.07, 6.45) is 0.150. The number of rotatable bonds is 7. The van der Waals surface area contributed by atoms with Crippen molar-refractivity contribution in [1.29, 1.82) is 0 Å². The van der Waals surface area contributed by atoms with E-state index in [0.29, 0.717) is 30.9 Å². The fourth-order valence-electron chi connectivity index (χ4n) is 3.77. The third-order valence-corrected chi connectivity index (χ3v) is 6.48. The lowest BCUT2D eigenvalue weighted by Crippen LogP contribution is -2.32. The number of aromatic nitrogens is 1. The van der Waals surface area contributed by atoms with E-state index >= 15 is 0 Å². The molecule has 170 valence electrons. The van der Waals surface area contributed by atoms with Crippen LogP contribution in [-0.2, 0) is 20.9 Å². The van der Waals surface area contributed by atoms with Gasteiger partial charge in [-0.1, -0.05) is 24.3 Å². The maximum atomic E-state index is 12.7. The monoisotopic (exact) mass is 463 g/mol. The summed E-state index contributed by atoms with van der Waals surface area (Å²) in [5, 5.41) is 5.78. The second kappa shape index (κ2) is 9.95. The summed E-state index contributed by atoms with van der Waals surface area (Å²) in [5.74, 6) is -1.12. The van der Waals surface area contributed by atoms with Gasteiger partial charge in [-0.2, -0.15) is 0 Å². The van der Waals surface area contributed by atoms with Gasteiger partial charge < -0.3 is 15.0 Å². The third-order valence-electron chi connectivity index (χ3n) is 5.56. The van der Waals surface area contributed by atoms with Gasteiger partial charge in [-0.25, -0.2) is 9.78 Å². The van der Waals surface area contributed by atoms with Gasteiger partial charge in [-0.15, -0.1) is 11.3 Å². The van der Waals surface area contributed by atoms with E-state index in [1.165, 1.54) is 0 Å². The van der Waals surface area contributed by atoms with Crippen LogP contribution in [0.4, 0.5) is 5.69 Å². The molecule has 0 spiro atoms. The van der Waals surface area contributed by atoms with Crippen molar-refractivity contribution < 1.29 is 19.1 Å². The van der Waals surface area contributed by atoms with E-state index in [4.69, 9.17) is 4.74 Å². The van der Waals surface area contributed by atoms with Gasteiger partial charge in [0.1, 0.15) is 5.01 Å². The van der Waals surface area contributed by atoms with Crippen molar-refractivity contribution in [3.05, 3.63) is 70.7 Å². The Morgan fingerprint density at radius 1 is 1.18 bits per heavy atom. The molecule has 2 amide bonds. The van der Waals surface area contributed by atoms with Gasteiger partial charge in [0.15, 0.2) is 0 Å². The minimum Gasteiger partial charge on any atom is -0.462 e. The first-order chi connectivity index (χ1) is 16.0. The molecule has 1 atom stereocenters. The molecule has 1 aliphatic rings. The summed E-state index contributed by atoms with van der Waals surface area (Å²) in [6.45, 7) is 4.72. The number of esters is 1. The Balaban J connectivity index is 1.34. The van der Waals surface area contributed by atoms with Gasteiger partial charge >= 0.3 is 5.97 Å². The summed E-state index contributed by atoms with van der Waals surface area (Å²) in [5.41, 5.74) is 4.12. The molecule has 7 nitrogen and oxygen atoms in total. The van der Waals surface area contributed by atoms with Crippen molar-refractivity contribution in [2.75, 3.05) is 18.1 Å². The Bertz CT molecular complexity index is 1170. The molecule has 1 N–H and O–H groups in total. The number of benzene rings is 2. The average Bonchev–Trinajstić information content (AvgIpc) is 3.45. The van der Waals surface area contributed by atoms with Crippen LogP contribution in [0.3, 0.4) is 0 Å². The van der Waals surface area contributed by atoms with Crippen molar-refractivity contribution in [3.8, 4) is 10.6 Å². The topological polar surface area (TPSA) is 88.6 Å². The van der Waals surface area contributed by atoms with Crippen molar-refractivity contribution in [3.63, 3.8) is 0 Å². The van der Waals surface area contributed by atoms with Crippen LogP contribution in [0.25, 0.3) is 10.6 Å². The number of ether oxygens (including phenoxy) is 1. The molecule has 3 aromatic rings. The molecule has 0 bridgehead atoms. The standard InChI is InChI=1S/C25H25N3O4S/c1-3-32-25(31)17-8-10-20(11-9-17)28-14-18(12-22(28)29)23(30)26-13-19-15-33-24(27-19)21-7-5-4-6-16(21)2/h4-11,15,18H,3,12-14H2,1-2H3,(H,26,30). The predicted octanol–water partition coefficient (Wildman–Crippen LogP) is 3.96. The summed E-state index contributed by atoms with van der Waals surface area (Å²) >= 11 is 1.55. The van der Waals surface area contributed by atoms with Crippen LogP contribution in [0.15, 0.2) is 53.9 Å². The second-order valence-electron chi connectivity index (χ2n) is 7.85. The Kier molecular flexibility index (Phi) is 6.84. The molecule has 1 aromatic heterocycles. The number of hydrogen-bond acceptors (Lipinski definition) is 6. The minimum atomic E-state index is -0.434. The molecule has 0 saturated carbocycles. The second-order valence-corrected chi connectivity index (χ2v) is 8.71. The highest BCUT2D eigenvalue weighted by Crippen LogP contribution is 2.28. The van der Waals surface area contributed by atoms with Crippen LogP contribution >= 0.6 is 11.3 Å². The van der Waals surface area contributed by atoms with Crippen LogP contribution in [0, 0.1) is 12.8 Å². The van der Waals surface area contributed by atoms with Gasteiger partial charge in [0.25, 0.3) is 0 Å². The highest BCUT2D eigenvalue weighted by atomic mass is 32.1. The van der Waals surface area contributed by atoms with Crippen molar-refractivity contribution in [1.82, 2.24) is 10.3 Å².